The molecule has 0 bridgehead atoms. The van der Waals surface area contributed by atoms with Gasteiger partial charge in [0.1, 0.15) is 23.0 Å². The predicted molar refractivity (Wildman–Crippen MR) is 99.8 cm³/mol. The molecule has 3 rings (SSSR count). The van der Waals surface area contributed by atoms with Crippen LogP contribution in [0.3, 0.4) is 0 Å². The highest BCUT2D eigenvalue weighted by molar-refractivity contribution is 7.91. The molecule has 8 heteroatoms. The second kappa shape index (κ2) is 8.04. The van der Waals surface area contributed by atoms with Gasteiger partial charge in [-0.15, -0.1) is 0 Å². The number of piperidine rings is 1. The summed E-state index contributed by atoms with van der Waals surface area (Å²) in [5.41, 5.74) is 0.461. The predicted octanol–water partition coefficient (Wildman–Crippen LogP) is 2.52. The van der Waals surface area contributed by atoms with Gasteiger partial charge in [0.15, 0.2) is 9.84 Å². The van der Waals surface area contributed by atoms with E-state index in [1.807, 2.05) is 0 Å². The van der Waals surface area contributed by atoms with Crippen molar-refractivity contribution in [2.75, 3.05) is 27.3 Å². The van der Waals surface area contributed by atoms with Gasteiger partial charge < -0.3 is 18.8 Å². The van der Waals surface area contributed by atoms with Crippen molar-refractivity contribution in [3.8, 4) is 11.5 Å². The van der Waals surface area contributed by atoms with Crippen LogP contribution in [0.1, 0.15) is 29.0 Å². The molecule has 1 fully saturated rings. The lowest BCUT2D eigenvalue weighted by molar-refractivity contribution is 0.0725. The number of hydrogen-bond donors (Lipinski definition) is 0. The van der Waals surface area contributed by atoms with Crippen LogP contribution in [0.5, 0.6) is 11.5 Å². The number of amides is 1. The summed E-state index contributed by atoms with van der Waals surface area (Å²) in [6, 6.07) is 8.35. The largest absolute Gasteiger partial charge is 0.497 e. The van der Waals surface area contributed by atoms with E-state index >= 15 is 0 Å². The maximum Gasteiger partial charge on any atom is 0.254 e. The van der Waals surface area contributed by atoms with Crippen molar-refractivity contribution < 1.29 is 27.1 Å². The standard InChI is InChI=1S/C19H23NO6S/c1-24-16-10-14(11-17(12-16)25-2)19(21)20-7-5-18(6-8-20)27(22,23)13-15-4-3-9-26-15/h3-4,9-12,18H,5-8,13H2,1-2H3. The first-order valence-electron chi connectivity index (χ1n) is 8.69. The molecule has 0 unspecified atom stereocenters. The molecule has 27 heavy (non-hydrogen) atoms. The second-order valence-corrected chi connectivity index (χ2v) is 8.76. The van der Waals surface area contributed by atoms with E-state index in [2.05, 4.69) is 0 Å². The first-order chi connectivity index (χ1) is 12.9. The molecule has 0 spiro atoms. The molecular weight excluding hydrogens is 370 g/mol. The zero-order valence-electron chi connectivity index (χ0n) is 15.4. The van der Waals surface area contributed by atoms with Crippen LogP contribution in [0.15, 0.2) is 41.0 Å². The van der Waals surface area contributed by atoms with Gasteiger partial charge in [-0.25, -0.2) is 8.42 Å². The zero-order chi connectivity index (χ0) is 19.4. The van der Waals surface area contributed by atoms with E-state index in [0.717, 1.165) is 0 Å². The Morgan fingerprint density at radius 1 is 1.15 bits per heavy atom. The number of carbonyl (C=O) groups is 1. The van der Waals surface area contributed by atoms with Crippen LogP contribution in [0.25, 0.3) is 0 Å². The maximum absolute atomic E-state index is 12.8. The summed E-state index contributed by atoms with van der Waals surface area (Å²) in [5, 5.41) is -0.466. The fraction of sp³-hybridized carbons (Fsp3) is 0.421. The molecule has 0 atom stereocenters. The summed E-state index contributed by atoms with van der Waals surface area (Å²) in [4.78, 5) is 14.5. The van der Waals surface area contributed by atoms with Crippen LogP contribution in [-0.4, -0.2) is 51.8 Å². The average Bonchev–Trinajstić information content (AvgIpc) is 3.19. The fourth-order valence-corrected chi connectivity index (χ4v) is 4.97. The SMILES string of the molecule is COc1cc(OC)cc(C(=O)N2CCC(S(=O)(=O)Cc3ccco3)CC2)c1. The van der Waals surface area contributed by atoms with Gasteiger partial charge in [0.25, 0.3) is 5.91 Å². The summed E-state index contributed by atoms with van der Waals surface area (Å²) >= 11 is 0. The van der Waals surface area contributed by atoms with Crippen LogP contribution in [-0.2, 0) is 15.6 Å². The molecule has 146 valence electrons. The lowest BCUT2D eigenvalue weighted by Crippen LogP contribution is -2.42. The molecule has 1 aromatic heterocycles. The Hall–Kier alpha value is -2.48. The number of sulfone groups is 1. The summed E-state index contributed by atoms with van der Waals surface area (Å²) in [6.45, 7) is 0.779. The van der Waals surface area contributed by atoms with E-state index in [-0.39, 0.29) is 11.7 Å². The molecule has 2 heterocycles. The molecule has 1 aliphatic rings. The monoisotopic (exact) mass is 393 g/mol. The maximum atomic E-state index is 12.8. The van der Waals surface area contributed by atoms with Gasteiger partial charge in [-0.2, -0.15) is 0 Å². The molecular formula is C19H23NO6S. The van der Waals surface area contributed by atoms with Crippen LogP contribution in [0.2, 0.25) is 0 Å². The highest BCUT2D eigenvalue weighted by Gasteiger charge is 2.32. The number of benzene rings is 1. The van der Waals surface area contributed by atoms with Crippen molar-refractivity contribution in [3.63, 3.8) is 0 Å². The number of ether oxygens (including phenoxy) is 2. The highest BCUT2D eigenvalue weighted by Crippen LogP contribution is 2.26. The van der Waals surface area contributed by atoms with E-state index in [1.165, 1.54) is 20.5 Å². The average molecular weight is 393 g/mol. The minimum atomic E-state index is -3.31. The van der Waals surface area contributed by atoms with E-state index in [1.54, 1.807) is 35.2 Å². The Kier molecular flexibility index (Phi) is 5.74. The Morgan fingerprint density at radius 3 is 2.30 bits per heavy atom. The Balaban J connectivity index is 1.66. The number of rotatable bonds is 6. The number of carbonyl (C=O) groups excluding carboxylic acids is 1. The summed E-state index contributed by atoms with van der Waals surface area (Å²) in [6.07, 6.45) is 2.29. The Bertz CT molecular complexity index is 861. The lowest BCUT2D eigenvalue weighted by Gasteiger charge is -2.31. The van der Waals surface area contributed by atoms with Crippen LogP contribution in [0, 0.1) is 0 Å². The molecule has 7 nitrogen and oxygen atoms in total. The van der Waals surface area contributed by atoms with Gasteiger partial charge in [-0.05, 0) is 37.1 Å². The summed E-state index contributed by atoms with van der Waals surface area (Å²) in [5.74, 6) is 1.25. The zero-order valence-corrected chi connectivity index (χ0v) is 16.2. The number of hydrogen-bond acceptors (Lipinski definition) is 6. The van der Waals surface area contributed by atoms with E-state index in [4.69, 9.17) is 13.9 Å². The van der Waals surface area contributed by atoms with Crippen molar-refractivity contribution in [1.82, 2.24) is 4.90 Å². The number of furan rings is 1. The van der Waals surface area contributed by atoms with Crippen molar-refractivity contribution >= 4 is 15.7 Å². The minimum absolute atomic E-state index is 0.105. The molecule has 1 amide bonds. The second-order valence-electron chi connectivity index (χ2n) is 6.48. The first kappa shape index (κ1) is 19.3. The molecule has 0 radical (unpaired) electrons. The molecule has 2 aromatic rings. The fourth-order valence-electron chi connectivity index (χ4n) is 3.24. The number of likely N-dealkylation sites (tertiary alicyclic amines) is 1. The third-order valence-electron chi connectivity index (χ3n) is 4.76. The third kappa shape index (κ3) is 4.44. The molecule has 0 N–H and O–H groups in total. The van der Waals surface area contributed by atoms with Crippen molar-refractivity contribution in [3.05, 3.63) is 47.9 Å². The molecule has 0 aliphatic carbocycles. The van der Waals surface area contributed by atoms with E-state index < -0.39 is 15.1 Å². The van der Waals surface area contributed by atoms with E-state index in [9.17, 15) is 13.2 Å². The van der Waals surface area contributed by atoms with Gasteiger partial charge in [0.05, 0.1) is 25.7 Å². The van der Waals surface area contributed by atoms with Crippen molar-refractivity contribution in [1.29, 1.82) is 0 Å². The van der Waals surface area contributed by atoms with Crippen LogP contribution in [0.4, 0.5) is 0 Å². The van der Waals surface area contributed by atoms with Gasteiger partial charge in [0, 0.05) is 24.7 Å². The van der Waals surface area contributed by atoms with E-state index in [0.29, 0.717) is 48.8 Å². The molecule has 1 aliphatic heterocycles. The topological polar surface area (TPSA) is 86.0 Å². The Morgan fingerprint density at radius 2 is 1.78 bits per heavy atom. The number of methoxy groups -OCH3 is 2. The smallest absolute Gasteiger partial charge is 0.254 e. The highest BCUT2D eigenvalue weighted by atomic mass is 32.2. The van der Waals surface area contributed by atoms with Gasteiger partial charge in [-0.3, -0.25) is 4.79 Å². The molecule has 0 saturated carbocycles. The van der Waals surface area contributed by atoms with Crippen molar-refractivity contribution in [2.24, 2.45) is 0 Å². The van der Waals surface area contributed by atoms with Crippen LogP contribution < -0.4 is 9.47 Å². The van der Waals surface area contributed by atoms with Crippen molar-refractivity contribution in [2.45, 2.75) is 23.8 Å². The third-order valence-corrected chi connectivity index (χ3v) is 6.93. The Labute approximate surface area is 158 Å². The molecule has 1 aromatic carbocycles. The normalized spacial score (nSPS) is 15.6. The van der Waals surface area contributed by atoms with Gasteiger partial charge >= 0.3 is 0 Å². The minimum Gasteiger partial charge on any atom is -0.497 e. The summed E-state index contributed by atoms with van der Waals surface area (Å²) in [7, 11) is -0.261. The first-order valence-corrected chi connectivity index (χ1v) is 10.4. The van der Waals surface area contributed by atoms with Gasteiger partial charge in [-0.1, -0.05) is 0 Å². The molecule has 1 saturated heterocycles. The lowest BCUT2D eigenvalue weighted by atomic mass is 10.1. The summed E-state index contributed by atoms with van der Waals surface area (Å²) < 4.78 is 40.7. The quantitative estimate of drug-likeness (QED) is 0.750. The number of nitrogens with zero attached hydrogens (tertiary/aromatic N) is 1. The van der Waals surface area contributed by atoms with Gasteiger partial charge in [0.2, 0.25) is 0 Å². The van der Waals surface area contributed by atoms with Crippen LogP contribution >= 0.6 is 0 Å².